The first-order chi connectivity index (χ1) is 5.66. The predicted molar refractivity (Wildman–Crippen MR) is 44.0 cm³/mol. The zero-order valence-corrected chi connectivity index (χ0v) is 6.75. The van der Waals surface area contributed by atoms with Gasteiger partial charge in [0, 0.05) is 6.54 Å². The second-order valence-corrected chi connectivity index (χ2v) is 2.85. The Morgan fingerprint density at radius 2 is 2.50 bits per heavy atom. The van der Waals surface area contributed by atoms with Crippen LogP contribution < -0.4 is 11.1 Å². The fourth-order valence-corrected chi connectivity index (χ4v) is 1.43. The van der Waals surface area contributed by atoms with Crippen LogP contribution in [0.5, 0.6) is 0 Å². The Hall–Kier alpha value is -1.32. The average molecular weight is 168 g/mol. The van der Waals surface area contributed by atoms with Crippen molar-refractivity contribution < 1.29 is 9.59 Å². The van der Waals surface area contributed by atoms with Gasteiger partial charge in [0.1, 0.15) is 0 Å². The zero-order valence-electron chi connectivity index (χ0n) is 6.75. The van der Waals surface area contributed by atoms with Crippen LogP contribution in [0.1, 0.15) is 6.42 Å². The number of amides is 2. The van der Waals surface area contributed by atoms with E-state index in [0.717, 1.165) is 0 Å². The highest BCUT2D eigenvalue weighted by molar-refractivity contribution is 5.89. The van der Waals surface area contributed by atoms with E-state index in [0.29, 0.717) is 13.0 Å². The van der Waals surface area contributed by atoms with Gasteiger partial charge < -0.3 is 11.1 Å². The van der Waals surface area contributed by atoms with Crippen LogP contribution in [-0.2, 0) is 9.59 Å². The van der Waals surface area contributed by atoms with Crippen LogP contribution in [0.2, 0.25) is 0 Å². The summed E-state index contributed by atoms with van der Waals surface area (Å²) in [6.45, 7) is 4.11. The molecule has 0 radical (unpaired) electrons. The summed E-state index contributed by atoms with van der Waals surface area (Å²) in [5, 5.41) is 2.64. The van der Waals surface area contributed by atoms with Gasteiger partial charge in [0.15, 0.2) is 0 Å². The van der Waals surface area contributed by atoms with Crippen molar-refractivity contribution in [1.82, 2.24) is 5.32 Å². The number of rotatable bonds is 3. The van der Waals surface area contributed by atoms with Gasteiger partial charge in [-0.3, -0.25) is 9.59 Å². The summed E-state index contributed by atoms with van der Waals surface area (Å²) < 4.78 is 0. The maximum Gasteiger partial charge on any atom is 0.225 e. The Labute approximate surface area is 70.8 Å². The molecule has 66 valence electrons. The molecule has 4 heteroatoms. The van der Waals surface area contributed by atoms with Gasteiger partial charge in [0.2, 0.25) is 11.8 Å². The molecule has 2 atom stereocenters. The van der Waals surface area contributed by atoms with Gasteiger partial charge in [0.25, 0.3) is 0 Å². The van der Waals surface area contributed by atoms with Crippen molar-refractivity contribution in [2.45, 2.75) is 6.42 Å². The van der Waals surface area contributed by atoms with Gasteiger partial charge in [0.05, 0.1) is 11.8 Å². The SMILES string of the molecule is C=CC(C(N)=O)C1CCNC1=O. The summed E-state index contributed by atoms with van der Waals surface area (Å²) in [4.78, 5) is 21.9. The van der Waals surface area contributed by atoms with Crippen molar-refractivity contribution in [3.63, 3.8) is 0 Å². The van der Waals surface area contributed by atoms with E-state index in [1.807, 2.05) is 0 Å². The summed E-state index contributed by atoms with van der Waals surface area (Å²) in [5.74, 6) is -1.40. The summed E-state index contributed by atoms with van der Waals surface area (Å²) in [7, 11) is 0. The molecular weight excluding hydrogens is 156 g/mol. The maximum absolute atomic E-state index is 11.1. The molecule has 12 heavy (non-hydrogen) atoms. The van der Waals surface area contributed by atoms with E-state index in [9.17, 15) is 9.59 Å². The van der Waals surface area contributed by atoms with E-state index >= 15 is 0 Å². The van der Waals surface area contributed by atoms with Crippen LogP contribution in [0.15, 0.2) is 12.7 Å². The second-order valence-electron chi connectivity index (χ2n) is 2.85. The molecule has 2 amide bonds. The third-order valence-corrected chi connectivity index (χ3v) is 2.11. The Bertz CT molecular complexity index is 225. The number of primary amides is 1. The van der Waals surface area contributed by atoms with Crippen LogP contribution in [0.25, 0.3) is 0 Å². The van der Waals surface area contributed by atoms with Gasteiger partial charge in [-0.2, -0.15) is 0 Å². The normalized spacial score (nSPS) is 24.7. The van der Waals surface area contributed by atoms with Crippen LogP contribution in [0.4, 0.5) is 0 Å². The molecule has 0 aromatic carbocycles. The van der Waals surface area contributed by atoms with Crippen molar-refractivity contribution >= 4 is 11.8 Å². The molecule has 1 aliphatic heterocycles. The fraction of sp³-hybridized carbons (Fsp3) is 0.500. The van der Waals surface area contributed by atoms with Gasteiger partial charge in [-0.15, -0.1) is 6.58 Å². The number of carbonyl (C=O) groups excluding carboxylic acids is 2. The van der Waals surface area contributed by atoms with Crippen LogP contribution in [-0.4, -0.2) is 18.4 Å². The van der Waals surface area contributed by atoms with E-state index in [1.165, 1.54) is 6.08 Å². The molecule has 0 spiro atoms. The molecule has 1 aliphatic rings. The molecule has 3 N–H and O–H groups in total. The van der Waals surface area contributed by atoms with E-state index in [1.54, 1.807) is 0 Å². The molecule has 0 saturated carbocycles. The molecule has 4 nitrogen and oxygen atoms in total. The minimum atomic E-state index is -0.521. The lowest BCUT2D eigenvalue weighted by Gasteiger charge is -2.12. The second kappa shape index (κ2) is 3.38. The largest absolute Gasteiger partial charge is 0.369 e. The molecule has 0 aromatic heterocycles. The Morgan fingerprint density at radius 1 is 1.83 bits per heavy atom. The molecule has 0 aliphatic carbocycles. The monoisotopic (exact) mass is 168 g/mol. The first-order valence-corrected chi connectivity index (χ1v) is 3.86. The smallest absolute Gasteiger partial charge is 0.225 e. The van der Waals surface area contributed by atoms with E-state index in [4.69, 9.17) is 5.73 Å². The minimum absolute atomic E-state index is 0.0984. The fourth-order valence-electron chi connectivity index (χ4n) is 1.43. The highest BCUT2D eigenvalue weighted by atomic mass is 16.2. The van der Waals surface area contributed by atoms with Crippen molar-refractivity contribution in [3.05, 3.63) is 12.7 Å². The Morgan fingerprint density at radius 3 is 2.83 bits per heavy atom. The molecular formula is C8H12N2O2. The first kappa shape index (κ1) is 8.77. The molecule has 1 heterocycles. The first-order valence-electron chi connectivity index (χ1n) is 3.86. The Kier molecular flexibility index (Phi) is 2.47. The van der Waals surface area contributed by atoms with E-state index in [-0.39, 0.29) is 11.8 Å². The van der Waals surface area contributed by atoms with Gasteiger partial charge in [-0.1, -0.05) is 6.08 Å². The third kappa shape index (κ3) is 1.47. The standard InChI is InChI=1S/C8H12N2O2/c1-2-5(7(9)11)6-3-4-10-8(6)12/h2,5-6H,1,3-4H2,(H2,9,11)(H,10,12). The molecule has 0 bridgehead atoms. The van der Waals surface area contributed by atoms with E-state index in [2.05, 4.69) is 11.9 Å². The highest BCUT2D eigenvalue weighted by Crippen LogP contribution is 2.20. The topological polar surface area (TPSA) is 72.2 Å². The Balaban J connectivity index is 2.71. The third-order valence-electron chi connectivity index (χ3n) is 2.11. The summed E-state index contributed by atoms with van der Waals surface area (Å²) >= 11 is 0. The summed E-state index contributed by atoms with van der Waals surface area (Å²) in [6, 6.07) is 0. The van der Waals surface area contributed by atoms with E-state index < -0.39 is 11.8 Å². The molecule has 1 saturated heterocycles. The minimum Gasteiger partial charge on any atom is -0.369 e. The summed E-state index contributed by atoms with van der Waals surface area (Å²) in [5.41, 5.74) is 5.10. The number of carbonyl (C=O) groups is 2. The lowest BCUT2D eigenvalue weighted by molar-refractivity contribution is -0.129. The van der Waals surface area contributed by atoms with Gasteiger partial charge in [-0.25, -0.2) is 0 Å². The number of nitrogens with two attached hydrogens (primary N) is 1. The quantitative estimate of drug-likeness (QED) is 0.553. The number of nitrogens with one attached hydrogen (secondary N) is 1. The zero-order chi connectivity index (χ0) is 9.14. The number of hydrogen-bond donors (Lipinski definition) is 2. The van der Waals surface area contributed by atoms with Crippen molar-refractivity contribution in [2.24, 2.45) is 17.6 Å². The highest BCUT2D eigenvalue weighted by Gasteiger charge is 2.33. The lowest BCUT2D eigenvalue weighted by atomic mass is 9.90. The maximum atomic E-state index is 11.1. The molecule has 2 unspecified atom stereocenters. The van der Waals surface area contributed by atoms with Gasteiger partial charge in [-0.05, 0) is 6.42 Å². The molecule has 1 fully saturated rings. The van der Waals surface area contributed by atoms with Crippen LogP contribution >= 0.6 is 0 Å². The molecule has 0 aromatic rings. The molecule has 1 rings (SSSR count). The van der Waals surface area contributed by atoms with Crippen molar-refractivity contribution in [1.29, 1.82) is 0 Å². The van der Waals surface area contributed by atoms with Crippen molar-refractivity contribution in [2.75, 3.05) is 6.54 Å². The van der Waals surface area contributed by atoms with Crippen LogP contribution in [0, 0.1) is 11.8 Å². The van der Waals surface area contributed by atoms with Gasteiger partial charge >= 0.3 is 0 Å². The predicted octanol–water partition coefficient (Wildman–Crippen LogP) is -0.590. The summed E-state index contributed by atoms with van der Waals surface area (Å²) in [6.07, 6.45) is 2.11. The van der Waals surface area contributed by atoms with Crippen LogP contribution in [0.3, 0.4) is 0 Å². The van der Waals surface area contributed by atoms with Crippen molar-refractivity contribution in [3.8, 4) is 0 Å². The number of hydrogen-bond acceptors (Lipinski definition) is 2. The average Bonchev–Trinajstić information content (AvgIpc) is 2.38. The lowest BCUT2D eigenvalue weighted by Crippen LogP contribution is -2.32.